The van der Waals surface area contributed by atoms with E-state index in [9.17, 15) is 4.79 Å². The van der Waals surface area contributed by atoms with Crippen molar-refractivity contribution in [1.29, 1.82) is 0 Å². The normalized spacial score (nSPS) is 10.2. The number of benzene rings is 1. The number of rotatable bonds is 4. The van der Waals surface area contributed by atoms with E-state index in [1.54, 1.807) is 30.3 Å². The summed E-state index contributed by atoms with van der Waals surface area (Å²) in [6.07, 6.45) is 2.96. The minimum atomic E-state index is -0.280. The van der Waals surface area contributed by atoms with Crippen molar-refractivity contribution in [3.8, 4) is 11.6 Å². The zero-order valence-electron chi connectivity index (χ0n) is 11.7. The maximum atomic E-state index is 12.4. The van der Waals surface area contributed by atoms with Gasteiger partial charge in [-0.25, -0.2) is 4.98 Å². The molecule has 1 amide bonds. The van der Waals surface area contributed by atoms with Crippen LogP contribution in [0.3, 0.4) is 0 Å². The van der Waals surface area contributed by atoms with Gasteiger partial charge in [0, 0.05) is 6.07 Å². The summed E-state index contributed by atoms with van der Waals surface area (Å²) in [5, 5.41) is 13.7. The number of carbonyl (C=O) groups is 1. The van der Waals surface area contributed by atoms with Crippen molar-refractivity contribution in [2.75, 3.05) is 12.4 Å². The molecule has 0 spiro atoms. The fourth-order valence-corrected chi connectivity index (χ4v) is 1.91. The summed E-state index contributed by atoms with van der Waals surface area (Å²) in [5.74, 6) is 0.199. The van der Waals surface area contributed by atoms with Gasteiger partial charge in [-0.1, -0.05) is 12.1 Å². The van der Waals surface area contributed by atoms with Crippen LogP contribution in [-0.2, 0) is 0 Å². The molecule has 8 heteroatoms. The summed E-state index contributed by atoms with van der Waals surface area (Å²) in [6.45, 7) is 0. The van der Waals surface area contributed by atoms with Crippen LogP contribution < -0.4 is 10.1 Å². The van der Waals surface area contributed by atoms with Gasteiger partial charge in [0.2, 0.25) is 5.88 Å². The Labute approximate surface area is 125 Å². The summed E-state index contributed by atoms with van der Waals surface area (Å²) in [6, 6.07) is 10.4. The zero-order chi connectivity index (χ0) is 15.4. The molecule has 0 saturated heterocycles. The number of carbonyl (C=O) groups excluding carboxylic acids is 1. The first kappa shape index (κ1) is 13.7. The molecule has 2 heterocycles. The highest BCUT2D eigenvalue weighted by Gasteiger charge is 2.13. The molecule has 0 atom stereocenters. The van der Waals surface area contributed by atoms with Crippen LogP contribution in [0.5, 0.6) is 5.88 Å². The topological polar surface area (TPSA) is 94.8 Å². The first-order chi connectivity index (χ1) is 10.8. The Morgan fingerprint density at radius 1 is 1.23 bits per heavy atom. The van der Waals surface area contributed by atoms with Crippen molar-refractivity contribution in [2.24, 2.45) is 0 Å². The van der Waals surface area contributed by atoms with E-state index >= 15 is 0 Å². The van der Waals surface area contributed by atoms with Crippen molar-refractivity contribution in [3.63, 3.8) is 0 Å². The third-order valence-corrected chi connectivity index (χ3v) is 2.95. The molecule has 3 rings (SSSR count). The number of pyridine rings is 1. The third kappa shape index (κ3) is 2.75. The average molecular weight is 296 g/mol. The smallest absolute Gasteiger partial charge is 0.257 e. The maximum Gasteiger partial charge on any atom is 0.257 e. The molecule has 1 aromatic carbocycles. The summed E-state index contributed by atoms with van der Waals surface area (Å²) in [7, 11) is 1.53. The Bertz CT molecular complexity index is 770. The van der Waals surface area contributed by atoms with Gasteiger partial charge < -0.3 is 10.1 Å². The highest BCUT2D eigenvalue weighted by Crippen LogP contribution is 2.16. The SMILES string of the molecule is COc1ccc(NC(=O)c2ccccc2-n2cnnn2)cn1. The average Bonchev–Trinajstić information content (AvgIpc) is 3.10. The molecule has 1 N–H and O–H groups in total. The Balaban J connectivity index is 1.86. The van der Waals surface area contributed by atoms with Gasteiger partial charge in [-0.2, -0.15) is 4.68 Å². The molecular formula is C14H12N6O2. The Kier molecular flexibility index (Phi) is 3.73. The van der Waals surface area contributed by atoms with Gasteiger partial charge in [-0.05, 0) is 28.6 Å². The number of ether oxygens (including phenoxy) is 1. The summed E-state index contributed by atoms with van der Waals surface area (Å²) in [5.41, 5.74) is 1.61. The quantitative estimate of drug-likeness (QED) is 0.780. The number of hydrogen-bond acceptors (Lipinski definition) is 6. The van der Waals surface area contributed by atoms with Crippen molar-refractivity contribution >= 4 is 11.6 Å². The first-order valence-electron chi connectivity index (χ1n) is 6.42. The largest absolute Gasteiger partial charge is 0.481 e. The monoisotopic (exact) mass is 296 g/mol. The molecule has 0 aliphatic carbocycles. The maximum absolute atomic E-state index is 12.4. The zero-order valence-corrected chi connectivity index (χ0v) is 11.7. The molecule has 0 aliphatic heterocycles. The van der Waals surface area contributed by atoms with E-state index in [0.29, 0.717) is 22.8 Å². The van der Waals surface area contributed by atoms with Crippen LogP contribution in [0.2, 0.25) is 0 Å². The molecule has 0 saturated carbocycles. The van der Waals surface area contributed by atoms with Crippen LogP contribution in [0.15, 0.2) is 48.9 Å². The molecule has 2 aromatic heterocycles. The second-order valence-corrected chi connectivity index (χ2v) is 4.31. The number of nitrogens with zero attached hydrogens (tertiary/aromatic N) is 5. The fraction of sp³-hybridized carbons (Fsp3) is 0.0714. The predicted octanol–water partition coefficient (Wildman–Crippen LogP) is 1.32. The lowest BCUT2D eigenvalue weighted by atomic mass is 10.1. The molecule has 8 nitrogen and oxygen atoms in total. The van der Waals surface area contributed by atoms with Crippen LogP contribution in [0.4, 0.5) is 5.69 Å². The Morgan fingerprint density at radius 3 is 2.77 bits per heavy atom. The number of methoxy groups -OCH3 is 1. The highest BCUT2D eigenvalue weighted by atomic mass is 16.5. The second-order valence-electron chi connectivity index (χ2n) is 4.31. The number of tetrazole rings is 1. The second kappa shape index (κ2) is 6.00. The van der Waals surface area contributed by atoms with Gasteiger partial charge in [0.25, 0.3) is 5.91 Å². The van der Waals surface area contributed by atoms with Gasteiger partial charge >= 0.3 is 0 Å². The van der Waals surface area contributed by atoms with Crippen molar-refractivity contribution in [1.82, 2.24) is 25.2 Å². The van der Waals surface area contributed by atoms with Crippen molar-refractivity contribution < 1.29 is 9.53 Å². The number of para-hydroxylation sites is 1. The lowest BCUT2D eigenvalue weighted by molar-refractivity contribution is 0.102. The van der Waals surface area contributed by atoms with Crippen LogP contribution in [-0.4, -0.2) is 38.2 Å². The van der Waals surface area contributed by atoms with Gasteiger partial charge in [-0.3, -0.25) is 4.79 Å². The molecule has 0 aliphatic rings. The third-order valence-electron chi connectivity index (χ3n) is 2.95. The van der Waals surface area contributed by atoms with Crippen molar-refractivity contribution in [2.45, 2.75) is 0 Å². The minimum Gasteiger partial charge on any atom is -0.481 e. The summed E-state index contributed by atoms with van der Waals surface area (Å²) in [4.78, 5) is 16.5. The van der Waals surface area contributed by atoms with Gasteiger partial charge in [0.15, 0.2) is 0 Å². The molecule has 0 radical (unpaired) electrons. The number of nitrogens with one attached hydrogen (secondary N) is 1. The predicted molar refractivity (Wildman–Crippen MR) is 77.9 cm³/mol. The molecule has 110 valence electrons. The van der Waals surface area contributed by atoms with Gasteiger partial charge in [0.1, 0.15) is 6.33 Å². The van der Waals surface area contributed by atoms with Crippen LogP contribution in [0, 0.1) is 0 Å². The molecule has 3 aromatic rings. The van der Waals surface area contributed by atoms with E-state index in [1.807, 2.05) is 6.07 Å². The molecule has 0 bridgehead atoms. The standard InChI is InChI=1S/C14H12N6O2/c1-22-13-7-6-10(8-15-13)17-14(21)11-4-2-3-5-12(11)20-9-16-18-19-20/h2-9H,1H3,(H,17,21). The number of amides is 1. The molecular weight excluding hydrogens is 284 g/mol. The first-order valence-corrected chi connectivity index (χ1v) is 6.42. The lowest BCUT2D eigenvalue weighted by Gasteiger charge is -2.09. The minimum absolute atomic E-state index is 0.280. The van der Waals surface area contributed by atoms with Crippen LogP contribution in [0.25, 0.3) is 5.69 Å². The number of anilines is 1. The van der Waals surface area contributed by atoms with Crippen molar-refractivity contribution in [3.05, 3.63) is 54.5 Å². The van der Waals surface area contributed by atoms with E-state index < -0.39 is 0 Å². The fourth-order valence-electron chi connectivity index (χ4n) is 1.91. The van der Waals surface area contributed by atoms with E-state index in [4.69, 9.17) is 4.74 Å². The molecule has 22 heavy (non-hydrogen) atoms. The Hall–Kier alpha value is -3.29. The Morgan fingerprint density at radius 2 is 2.09 bits per heavy atom. The van der Waals surface area contributed by atoms with E-state index in [0.717, 1.165) is 0 Å². The van der Waals surface area contributed by atoms with E-state index in [2.05, 4.69) is 25.8 Å². The van der Waals surface area contributed by atoms with Crippen LogP contribution in [0.1, 0.15) is 10.4 Å². The summed E-state index contributed by atoms with van der Waals surface area (Å²) < 4.78 is 6.41. The molecule has 0 fully saturated rings. The van der Waals surface area contributed by atoms with E-state index in [-0.39, 0.29) is 5.91 Å². The summed E-state index contributed by atoms with van der Waals surface area (Å²) >= 11 is 0. The van der Waals surface area contributed by atoms with Crippen LogP contribution >= 0.6 is 0 Å². The number of hydrogen-bond donors (Lipinski definition) is 1. The number of aromatic nitrogens is 5. The van der Waals surface area contributed by atoms with Gasteiger partial charge in [-0.15, -0.1) is 5.10 Å². The van der Waals surface area contributed by atoms with E-state index in [1.165, 1.54) is 24.3 Å². The lowest BCUT2D eigenvalue weighted by Crippen LogP contribution is -2.15. The molecule has 0 unspecified atom stereocenters. The van der Waals surface area contributed by atoms with Gasteiger partial charge in [0.05, 0.1) is 30.2 Å². The highest BCUT2D eigenvalue weighted by molar-refractivity contribution is 6.06.